The number of hydrogen-bond acceptors (Lipinski definition) is 2. The Bertz CT molecular complexity index is 4090. The maximum Gasteiger partial charge on any atom is 0.0713 e. The highest BCUT2D eigenvalue weighted by Gasteiger charge is 2.46. The third kappa shape index (κ3) is 6.60. The molecular weight excluding hydrogens is 875 g/mol. The van der Waals surface area contributed by atoms with Crippen LogP contribution in [0.3, 0.4) is 0 Å². The third-order valence-corrected chi connectivity index (χ3v) is 16.2. The molecular formula is C69H45NS. The molecule has 71 heavy (non-hydrogen) atoms. The second-order valence-corrected chi connectivity index (χ2v) is 19.8. The quantitative estimate of drug-likeness (QED) is 0.147. The SMILES string of the molecule is c1ccc(C2(c3ccccc3)c3ccccc3-c3c(-c4ccc(N(c5ccc(-c6ccc7ccccc7c6)cc5)c5ccc(-c6cccc7c6sc6c8ccccc8ccc76)cc5)cc4)cccc32)cc1. The van der Waals surface area contributed by atoms with Crippen LogP contribution < -0.4 is 4.90 Å². The first kappa shape index (κ1) is 41.2. The topological polar surface area (TPSA) is 3.24 Å². The average Bonchev–Trinajstić information content (AvgIpc) is 3.99. The Labute approximate surface area is 417 Å². The fourth-order valence-electron chi connectivity index (χ4n) is 11.7. The van der Waals surface area contributed by atoms with Crippen LogP contribution in [0.2, 0.25) is 0 Å². The number of thiophene rings is 1. The van der Waals surface area contributed by atoms with Crippen molar-refractivity contribution in [3.63, 3.8) is 0 Å². The summed E-state index contributed by atoms with van der Waals surface area (Å²) in [5, 5.41) is 7.72. The van der Waals surface area contributed by atoms with E-state index < -0.39 is 5.41 Å². The highest BCUT2D eigenvalue weighted by molar-refractivity contribution is 7.27. The molecule has 0 radical (unpaired) electrons. The van der Waals surface area contributed by atoms with Crippen molar-refractivity contribution in [1.82, 2.24) is 0 Å². The van der Waals surface area contributed by atoms with E-state index in [9.17, 15) is 0 Å². The van der Waals surface area contributed by atoms with E-state index in [1.165, 1.54) is 108 Å². The van der Waals surface area contributed by atoms with Gasteiger partial charge in [-0.05, 0) is 131 Å². The van der Waals surface area contributed by atoms with Crippen LogP contribution in [0.15, 0.2) is 273 Å². The lowest BCUT2D eigenvalue weighted by molar-refractivity contribution is 0.768. The normalized spacial score (nSPS) is 12.6. The number of hydrogen-bond donors (Lipinski definition) is 0. The summed E-state index contributed by atoms with van der Waals surface area (Å²) in [5.41, 5.74) is 17.8. The number of anilines is 3. The molecule has 1 aliphatic carbocycles. The number of nitrogens with zero attached hydrogens (tertiary/aromatic N) is 1. The fourth-order valence-corrected chi connectivity index (χ4v) is 13.1. The van der Waals surface area contributed by atoms with E-state index >= 15 is 0 Å². The minimum atomic E-state index is -0.455. The summed E-state index contributed by atoms with van der Waals surface area (Å²) in [6.45, 7) is 0. The van der Waals surface area contributed by atoms with E-state index in [4.69, 9.17) is 0 Å². The molecule has 12 aromatic carbocycles. The second-order valence-electron chi connectivity index (χ2n) is 18.7. The van der Waals surface area contributed by atoms with E-state index in [1.54, 1.807) is 0 Å². The van der Waals surface area contributed by atoms with Crippen molar-refractivity contribution >= 4 is 70.1 Å². The van der Waals surface area contributed by atoms with Gasteiger partial charge in [-0.15, -0.1) is 11.3 Å². The van der Waals surface area contributed by atoms with Gasteiger partial charge in [0.2, 0.25) is 0 Å². The molecule has 1 aliphatic rings. The largest absolute Gasteiger partial charge is 0.311 e. The third-order valence-electron chi connectivity index (χ3n) is 15.0. The van der Waals surface area contributed by atoms with Crippen LogP contribution in [-0.4, -0.2) is 0 Å². The Balaban J connectivity index is 0.882. The van der Waals surface area contributed by atoms with Crippen molar-refractivity contribution in [2.45, 2.75) is 5.41 Å². The molecule has 1 aromatic heterocycles. The average molecular weight is 920 g/mol. The van der Waals surface area contributed by atoms with Gasteiger partial charge < -0.3 is 4.90 Å². The van der Waals surface area contributed by atoms with Crippen molar-refractivity contribution in [2.24, 2.45) is 0 Å². The molecule has 0 amide bonds. The van der Waals surface area contributed by atoms with Gasteiger partial charge in [0, 0.05) is 37.2 Å². The van der Waals surface area contributed by atoms with E-state index in [2.05, 4.69) is 278 Å². The minimum absolute atomic E-state index is 0.455. The molecule has 0 saturated heterocycles. The van der Waals surface area contributed by atoms with Gasteiger partial charge in [-0.1, -0.05) is 231 Å². The summed E-state index contributed by atoms with van der Waals surface area (Å²) >= 11 is 1.91. The first-order chi connectivity index (χ1) is 35.2. The van der Waals surface area contributed by atoms with Crippen molar-refractivity contribution in [3.8, 4) is 44.5 Å². The van der Waals surface area contributed by atoms with Gasteiger partial charge >= 0.3 is 0 Å². The molecule has 0 bridgehead atoms. The molecule has 14 rings (SSSR count). The molecule has 1 nitrogen and oxygen atoms in total. The Morgan fingerprint density at radius 1 is 0.282 bits per heavy atom. The molecule has 0 aliphatic heterocycles. The highest BCUT2D eigenvalue weighted by Crippen LogP contribution is 2.58. The Kier molecular flexibility index (Phi) is 9.69. The standard InChI is InChI=1S/C69H45NS/c1-3-18-53(19-4-1)69(54-20-5-2-6-21-54)64-27-12-11-23-63(64)66-58(24-14-28-65(66)69)49-33-40-56(41-34-49)70(55-38-31-47(32-39-55)52-30-29-46-15-7-8-17-51(46)45-52)57-42-35-50(36-43-57)60-25-13-26-61-62-44-37-48-16-9-10-22-59(48)68(62)71-67(60)61/h1-45H. The lowest BCUT2D eigenvalue weighted by Crippen LogP contribution is -2.28. The summed E-state index contributed by atoms with van der Waals surface area (Å²) in [7, 11) is 0. The fraction of sp³-hybridized carbons (Fsp3) is 0.0145. The van der Waals surface area contributed by atoms with Crippen LogP contribution in [0.25, 0.3) is 86.2 Å². The Morgan fingerprint density at radius 3 is 1.46 bits per heavy atom. The number of benzene rings is 12. The van der Waals surface area contributed by atoms with Crippen molar-refractivity contribution < 1.29 is 0 Å². The summed E-state index contributed by atoms with van der Waals surface area (Å²) in [6.07, 6.45) is 0. The summed E-state index contributed by atoms with van der Waals surface area (Å²) in [4.78, 5) is 2.39. The molecule has 0 spiro atoms. The van der Waals surface area contributed by atoms with E-state index in [0.717, 1.165) is 17.1 Å². The summed E-state index contributed by atoms with van der Waals surface area (Å²) in [5.74, 6) is 0. The maximum atomic E-state index is 2.39. The molecule has 332 valence electrons. The minimum Gasteiger partial charge on any atom is -0.311 e. The summed E-state index contributed by atoms with van der Waals surface area (Å²) < 4.78 is 2.67. The molecule has 1 heterocycles. The maximum absolute atomic E-state index is 2.39. The van der Waals surface area contributed by atoms with Gasteiger partial charge in [-0.3, -0.25) is 0 Å². The zero-order chi connectivity index (χ0) is 46.9. The van der Waals surface area contributed by atoms with Gasteiger partial charge in [0.15, 0.2) is 0 Å². The number of rotatable bonds is 8. The molecule has 0 fully saturated rings. The Morgan fingerprint density at radius 2 is 0.761 bits per heavy atom. The van der Waals surface area contributed by atoms with Crippen LogP contribution in [0.1, 0.15) is 22.3 Å². The van der Waals surface area contributed by atoms with Crippen LogP contribution in [-0.2, 0) is 5.41 Å². The zero-order valence-corrected chi connectivity index (χ0v) is 39.7. The monoisotopic (exact) mass is 919 g/mol. The van der Waals surface area contributed by atoms with Gasteiger partial charge in [0.1, 0.15) is 0 Å². The molecule has 0 N–H and O–H groups in total. The molecule has 0 saturated carbocycles. The molecule has 2 heteroatoms. The van der Waals surface area contributed by atoms with Crippen LogP contribution in [0.5, 0.6) is 0 Å². The zero-order valence-electron chi connectivity index (χ0n) is 38.8. The van der Waals surface area contributed by atoms with Crippen molar-refractivity contribution in [3.05, 3.63) is 295 Å². The van der Waals surface area contributed by atoms with Crippen LogP contribution in [0.4, 0.5) is 17.1 Å². The lowest BCUT2D eigenvalue weighted by Gasteiger charge is -2.34. The predicted molar refractivity (Wildman–Crippen MR) is 303 cm³/mol. The summed E-state index contributed by atoms with van der Waals surface area (Å²) in [6, 6.07) is 101. The second kappa shape index (κ2) is 16.7. The van der Waals surface area contributed by atoms with Gasteiger partial charge in [-0.2, -0.15) is 0 Å². The number of fused-ring (bicyclic) bond motifs is 9. The lowest BCUT2D eigenvalue weighted by atomic mass is 9.67. The first-order valence-electron chi connectivity index (χ1n) is 24.5. The van der Waals surface area contributed by atoms with Gasteiger partial charge in [-0.25, -0.2) is 0 Å². The van der Waals surface area contributed by atoms with Crippen molar-refractivity contribution in [1.29, 1.82) is 0 Å². The highest BCUT2D eigenvalue weighted by atomic mass is 32.1. The predicted octanol–water partition coefficient (Wildman–Crippen LogP) is 19.2. The van der Waals surface area contributed by atoms with Crippen LogP contribution >= 0.6 is 11.3 Å². The van der Waals surface area contributed by atoms with Crippen molar-refractivity contribution in [2.75, 3.05) is 4.90 Å². The first-order valence-corrected chi connectivity index (χ1v) is 25.3. The van der Waals surface area contributed by atoms with Gasteiger partial charge in [0.25, 0.3) is 0 Å². The van der Waals surface area contributed by atoms with E-state index in [-0.39, 0.29) is 0 Å². The Hall–Kier alpha value is -8.82. The van der Waals surface area contributed by atoms with Gasteiger partial charge in [0.05, 0.1) is 5.41 Å². The smallest absolute Gasteiger partial charge is 0.0713 e. The van der Waals surface area contributed by atoms with E-state index in [1.807, 2.05) is 11.3 Å². The molecule has 0 atom stereocenters. The van der Waals surface area contributed by atoms with E-state index in [0.29, 0.717) is 0 Å². The molecule has 13 aromatic rings. The molecule has 0 unspecified atom stereocenters. The van der Waals surface area contributed by atoms with Crippen LogP contribution in [0, 0.1) is 0 Å².